The molecule has 9 atom stereocenters. The normalized spacial score (nSPS) is 47.1. The van der Waals surface area contributed by atoms with E-state index >= 15 is 0 Å². The number of rotatable bonds is 6. The van der Waals surface area contributed by atoms with Gasteiger partial charge < -0.3 is 34.2 Å². The van der Waals surface area contributed by atoms with Crippen LogP contribution < -0.4 is 0 Å². The summed E-state index contributed by atoms with van der Waals surface area (Å²) in [7, 11) is 0. The number of ketones is 1. The van der Waals surface area contributed by atoms with E-state index in [1.54, 1.807) is 19.9 Å². The Hall–Kier alpha value is -2.65. The third kappa shape index (κ3) is 3.36. The Morgan fingerprint density at radius 3 is 2.55 bits per heavy atom. The minimum Gasteiger partial charge on any atom is -0.783 e. The summed E-state index contributed by atoms with van der Waals surface area (Å²) in [5, 5.41) is 36.3. The van der Waals surface area contributed by atoms with Gasteiger partial charge in [0.25, 0.3) is 10.2 Å². The molecule has 0 N–H and O–H groups in total. The molecule has 40 heavy (non-hydrogen) atoms. The molecule has 6 aliphatic rings. The topological polar surface area (TPSA) is 176 Å². The minimum absolute atomic E-state index is 0.0396. The first-order chi connectivity index (χ1) is 18.7. The van der Waals surface area contributed by atoms with Crippen LogP contribution in [0, 0.1) is 54.0 Å². The Morgan fingerprint density at radius 2 is 1.90 bits per heavy atom. The number of ether oxygens (including phenoxy) is 3. The van der Waals surface area contributed by atoms with Crippen molar-refractivity contribution in [1.29, 1.82) is 0 Å². The van der Waals surface area contributed by atoms with E-state index in [-0.39, 0.29) is 43.4 Å². The lowest BCUT2D eigenvalue weighted by Gasteiger charge is -2.64. The van der Waals surface area contributed by atoms with Crippen molar-refractivity contribution < 1.29 is 38.9 Å². The average Bonchev–Trinajstić information content (AvgIpc) is 3.48. The zero-order valence-electron chi connectivity index (χ0n) is 22.9. The van der Waals surface area contributed by atoms with Gasteiger partial charge in [-0.2, -0.15) is 0 Å². The molecular weight excluding hydrogens is 530 g/mol. The standard InChI is InChI=1S/C26H34N3O11/c1-22(2)12-37-25(27(22)31,13-39-28(32)33)26-20(36-14-38-26)10-18-17-6-5-15-9-16(30)7-8-23(15,3)21(17)19(40-29(34)35)11-24(18,26)4/h7-9,17-21H,5-6,10-14H2,1-4H3/q-1/t17?,18?,19?,20-,21?,23+,24+,25?,26-/m1/s1. The van der Waals surface area contributed by atoms with Crippen LogP contribution in [0.4, 0.5) is 0 Å². The molecule has 0 aromatic carbocycles. The molecule has 14 nitrogen and oxygen atoms in total. The summed E-state index contributed by atoms with van der Waals surface area (Å²) < 4.78 is 18.8. The number of fused-ring (bicyclic) bond motifs is 7. The van der Waals surface area contributed by atoms with Crippen molar-refractivity contribution >= 4 is 5.78 Å². The van der Waals surface area contributed by atoms with Crippen LogP contribution in [0.3, 0.4) is 0 Å². The van der Waals surface area contributed by atoms with E-state index in [9.17, 15) is 30.2 Å². The van der Waals surface area contributed by atoms with Gasteiger partial charge in [0.1, 0.15) is 25.1 Å². The number of hydrogen-bond acceptors (Lipinski definition) is 12. The van der Waals surface area contributed by atoms with Gasteiger partial charge in [0, 0.05) is 22.3 Å². The van der Waals surface area contributed by atoms with E-state index in [1.165, 1.54) is 6.08 Å². The average molecular weight is 565 g/mol. The van der Waals surface area contributed by atoms with Gasteiger partial charge in [0.05, 0.1) is 12.7 Å². The second kappa shape index (κ2) is 8.68. The zero-order chi connectivity index (χ0) is 28.9. The molecule has 2 aliphatic heterocycles. The molecule has 220 valence electrons. The highest BCUT2D eigenvalue weighted by atomic mass is 17.0. The molecule has 2 saturated heterocycles. The highest BCUT2D eigenvalue weighted by Gasteiger charge is 2.81. The Balaban J connectivity index is 1.50. The lowest BCUT2D eigenvalue weighted by molar-refractivity contribution is -0.773. The van der Waals surface area contributed by atoms with Gasteiger partial charge in [0.15, 0.2) is 11.5 Å². The quantitative estimate of drug-likeness (QED) is 0.341. The highest BCUT2D eigenvalue weighted by molar-refractivity contribution is 6.01. The zero-order valence-corrected chi connectivity index (χ0v) is 22.9. The van der Waals surface area contributed by atoms with Gasteiger partial charge in [-0.1, -0.05) is 25.5 Å². The molecule has 2 heterocycles. The van der Waals surface area contributed by atoms with Gasteiger partial charge in [0.2, 0.25) is 0 Å². The van der Waals surface area contributed by atoms with Crippen molar-refractivity contribution in [3.05, 3.63) is 49.2 Å². The molecule has 0 spiro atoms. The molecule has 5 unspecified atom stereocenters. The van der Waals surface area contributed by atoms with Crippen LogP contribution in [0.2, 0.25) is 0 Å². The van der Waals surface area contributed by atoms with Crippen LogP contribution in [0.1, 0.15) is 53.4 Å². The molecule has 3 saturated carbocycles. The van der Waals surface area contributed by atoms with Crippen LogP contribution >= 0.6 is 0 Å². The monoisotopic (exact) mass is 564 g/mol. The predicted octanol–water partition coefficient (Wildman–Crippen LogP) is 2.72. The molecular formula is C26H34N3O11-. The number of hydroxylamine groups is 2. The number of allylic oxidation sites excluding steroid dienone is 4. The fourth-order valence-corrected chi connectivity index (χ4v) is 9.44. The Labute approximate surface area is 230 Å². The van der Waals surface area contributed by atoms with Crippen molar-refractivity contribution in [2.45, 2.75) is 82.5 Å². The lowest BCUT2D eigenvalue weighted by atomic mass is 9.45. The van der Waals surface area contributed by atoms with E-state index in [1.807, 2.05) is 19.9 Å². The molecule has 0 amide bonds. The van der Waals surface area contributed by atoms with Crippen LogP contribution in [-0.2, 0) is 28.7 Å². The fourth-order valence-electron chi connectivity index (χ4n) is 9.44. The van der Waals surface area contributed by atoms with E-state index in [2.05, 4.69) is 0 Å². The fraction of sp³-hybridized carbons (Fsp3) is 0.808. The first kappa shape index (κ1) is 27.5. The van der Waals surface area contributed by atoms with E-state index in [0.29, 0.717) is 24.3 Å². The van der Waals surface area contributed by atoms with Crippen LogP contribution in [-0.4, -0.2) is 70.1 Å². The molecule has 5 fully saturated rings. The van der Waals surface area contributed by atoms with Gasteiger partial charge in [-0.3, -0.25) is 4.79 Å². The summed E-state index contributed by atoms with van der Waals surface area (Å²) >= 11 is 0. The van der Waals surface area contributed by atoms with Crippen molar-refractivity contribution in [3.8, 4) is 0 Å². The first-order valence-electron chi connectivity index (χ1n) is 13.6. The summed E-state index contributed by atoms with van der Waals surface area (Å²) in [6.07, 6.45) is 5.18. The lowest BCUT2D eigenvalue weighted by Crippen LogP contribution is -2.75. The summed E-state index contributed by atoms with van der Waals surface area (Å²) in [6.45, 7) is 6.31. The Kier molecular flexibility index (Phi) is 5.97. The van der Waals surface area contributed by atoms with Crippen molar-refractivity contribution in [2.75, 3.05) is 20.0 Å². The predicted molar refractivity (Wildman–Crippen MR) is 134 cm³/mol. The van der Waals surface area contributed by atoms with Gasteiger partial charge >= 0.3 is 0 Å². The first-order valence-corrected chi connectivity index (χ1v) is 13.6. The maximum Gasteiger partial charge on any atom is 0.294 e. The molecule has 0 bridgehead atoms. The van der Waals surface area contributed by atoms with E-state index in [4.69, 9.17) is 23.9 Å². The summed E-state index contributed by atoms with van der Waals surface area (Å²) in [5.41, 5.74) is -5.29. The summed E-state index contributed by atoms with van der Waals surface area (Å²) in [4.78, 5) is 45.8. The number of nitrogens with zero attached hydrogens (tertiary/aromatic N) is 3. The third-order valence-electron chi connectivity index (χ3n) is 10.9. The third-order valence-corrected chi connectivity index (χ3v) is 10.9. The van der Waals surface area contributed by atoms with Gasteiger partial charge in [-0.25, -0.2) is 0 Å². The second-order valence-electron chi connectivity index (χ2n) is 13.1. The van der Waals surface area contributed by atoms with Crippen molar-refractivity contribution in [2.24, 2.45) is 28.6 Å². The number of hydrogen-bond donors (Lipinski definition) is 0. The van der Waals surface area contributed by atoms with E-state index in [0.717, 1.165) is 5.57 Å². The Bertz CT molecular complexity index is 1210. The minimum atomic E-state index is -1.96. The second-order valence-corrected chi connectivity index (χ2v) is 13.1. The molecule has 14 heteroatoms. The SMILES string of the molecule is CC1(C)COC(CO[N+](=O)[O-])([C@@]23OCO[C@@H]2CC2C4CCC5=CC(=O)C=C[C@]5(C)C4C(O[N+](=O)[O-])C[C@@]23C)N1[O-]. The van der Waals surface area contributed by atoms with Gasteiger partial charge in [-0.15, -0.1) is 20.2 Å². The maximum atomic E-state index is 14.1. The largest absolute Gasteiger partial charge is 0.783 e. The molecule has 4 aliphatic carbocycles. The molecule has 0 aromatic heterocycles. The Morgan fingerprint density at radius 1 is 1.15 bits per heavy atom. The van der Waals surface area contributed by atoms with Gasteiger partial charge in [-0.05, 0) is 63.5 Å². The number of carbonyl (C=O) groups is 1. The highest BCUT2D eigenvalue weighted by Crippen LogP contribution is 2.72. The summed E-state index contributed by atoms with van der Waals surface area (Å²) in [6, 6.07) is 0. The molecule has 0 aromatic rings. The summed E-state index contributed by atoms with van der Waals surface area (Å²) in [5.74, 6) is -0.737. The van der Waals surface area contributed by atoms with Crippen molar-refractivity contribution in [1.82, 2.24) is 5.06 Å². The maximum absolute atomic E-state index is 14.1. The molecule has 6 rings (SSSR count). The molecule has 0 radical (unpaired) electrons. The van der Waals surface area contributed by atoms with Crippen LogP contribution in [0.15, 0.2) is 23.8 Å². The van der Waals surface area contributed by atoms with Crippen LogP contribution in [0.25, 0.3) is 0 Å². The smallest absolute Gasteiger partial charge is 0.294 e. The van der Waals surface area contributed by atoms with E-state index < -0.39 is 56.7 Å². The number of carbonyl (C=O) groups excluding carboxylic acids is 1. The van der Waals surface area contributed by atoms with Crippen LogP contribution in [0.5, 0.6) is 0 Å². The van der Waals surface area contributed by atoms with Crippen molar-refractivity contribution in [3.63, 3.8) is 0 Å².